The van der Waals surface area contributed by atoms with Crippen molar-refractivity contribution in [2.24, 2.45) is 5.92 Å². The minimum Gasteiger partial charge on any atom is -0.624 e. The molecule has 0 aromatic heterocycles. The van der Waals surface area contributed by atoms with Gasteiger partial charge in [0.2, 0.25) is 0 Å². The van der Waals surface area contributed by atoms with E-state index < -0.39 is 0 Å². The summed E-state index contributed by atoms with van der Waals surface area (Å²) in [6.07, 6.45) is 7.36. The lowest BCUT2D eigenvalue weighted by molar-refractivity contribution is -0.471. The van der Waals surface area contributed by atoms with Crippen LogP contribution in [-0.2, 0) is 11.3 Å². The SMILES string of the molecule is CC(C)CCCC(C)OCCCC=[N+]([O-])Cc1ccccc1. The molecular weight excluding hydrogens is 274 g/mol. The highest BCUT2D eigenvalue weighted by molar-refractivity contribution is 5.51. The molecule has 1 aromatic rings. The molecule has 0 fully saturated rings. The highest BCUT2D eigenvalue weighted by Crippen LogP contribution is 2.10. The van der Waals surface area contributed by atoms with Gasteiger partial charge in [-0.05, 0) is 25.7 Å². The molecule has 0 aliphatic carbocycles. The van der Waals surface area contributed by atoms with E-state index in [-0.39, 0.29) is 0 Å². The van der Waals surface area contributed by atoms with Gasteiger partial charge in [0.25, 0.3) is 0 Å². The van der Waals surface area contributed by atoms with Crippen LogP contribution < -0.4 is 0 Å². The topological polar surface area (TPSA) is 35.3 Å². The van der Waals surface area contributed by atoms with Crippen LogP contribution in [0.25, 0.3) is 0 Å². The molecule has 0 spiro atoms. The zero-order valence-corrected chi connectivity index (χ0v) is 14.3. The van der Waals surface area contributed by atoms with Crippen LogP contribution >= 0.6 is 0 Å². The predicted octanol–water partition coefficient (Wildman–Crippen LogP) is 4.78. The lowest BCUT2D eigenvalue weighted by atomic mass is 10.0. The lowest BCUT2D eigenvalue weighted by Crippen LogP contribution is -2.10. The maximum atomic E-state index is 11.7. The summed E-state index contributed by atoms with van der Waals surface area (Å²) in [6.45, 7) is 7.81. The van der Waals surface area contributed by atoms with Crippen LogP contribution in [0.15, 0.2) is 30.3 Å². The fourth-order valence-corrected chi connectivity index (χ4v) is 2.33. The molecule has 0 bridgehead atoms. The molecule has 1 aromatic carbocycles. The first-order chi connectivity index (χ1) is 10.6. The van der Waals surface area contributed by atoms with Gasteiger partial charge in [0, 0.05) is 18.6 Å². The minimum atomic E-state index is 0.325. The smallest absolute Gasteiger partial charge is 0.178 e. The Balaban J connectivity index is 2.07. The zero-order valence-electron chi connectivity index (χ0n) is 14.3. The van der Waals surface area contributed by atoms with Crippen LogP contribution in [-0.4, -0.2) is 23.7 Å². The first kappa shape index (κ1) is 18.7. The number of nitrogens with zero attached hydrogens (tertiary/aromatic N) is 1. The summed E-state index contributed by atoms with van der Waals surface area (Å²) in [4.78, 5) is 0. The van der Waals surface area contributed by atoms with Gasteiger partial charge in [0.1, 0.15) is 0 Å². The van der Waals surface area contributed by atoms with Crippen LogP contribution in [0.2, 0.25) is 0 Å². The summed E-state index contributed by atoms with van der Waals surface area (Å²) in [5.74, 6) is 0.773. The van der Waals surface area contributed by atoms with E-state index in [0.717, 1.165) is 42.1 Å². The van der Waals surface area contributed by atoms with Crippen molar-refractivity contribution in [1.29, 1.82) is 0 Å². The number of hydroxylamine groups is 1. The van der Waals surface area contributed by atoms with Gasteiger partial charge in [0.15, 0.2) is 12.8 Å². The average Bonchev–Trinajstić information content (AvgIpc) is 2.47. The summed E-state index contributed by atoms with van der Waals surface area (Å²) >= 11 is 0. The van der Waals surface area contributed by atoms with E-state index in [4.69, 9.17) is 4.74 Å². The third kappa shape index (κ3) is 9.56. The standard InChI is InChI=1S/C19H31NO2/c1-17(2)10-9-11-18(3)22-15-8-7-14-20(21)16-19-12-5-4-6-13-19/h4-6,12-14,17-18H,7-11,15-16H2,1-3H3. The van der Waals surface area contributed by atoms with Crippen molar-refractivity contribution in [3.63, 3.8) is 0 Å². The molecule has 0 radical (unpaired) electrons. The maximum absolute atomic E-state index is 11.7. The summed E-state index contributed by atoms with van der Waals surface area (Å²) in [5, 5.41) is 11.7. The van der Waals surface area contributed by atoms with Crippen LogP contribution in [0.3, 0.4) is 0 Å². The molecule has 3 nitrogen and oxygen atoms in total. The molecule has 124 valence electrons. The van der Waals surface area contributed by atoms with Crippen molar-refractivity contribution in [2.45, 2.75) is 65.5 Å². The quantitative estimate of drug-likeness (QED) is 0.194. The molecule has 22 heavy (non-hydrogen) atoms. The third-order valence-electron chi connectivity index (χ3n) is 3.66. The maximum Gasteiger partial charge on any atom is 0.178 e. The van der Waals surface area contributed by atoms with Crippen LogP contribution in [0.4, 0.5) is 0 Å². The molecular formula is C19H31NO2. The van der Waals surface area contributed by atoms with Crippen molar-refractivity contribution in [3.8, 4) is 0 Å². The van der Waals surface area contributed by atoms with E-state index in [1.807, 2.05) is 30.3 Å². The number of unbranched alkanes of at least 4 members (excludes halogenated alkanes) is 1. The molecule has 1 atom stereocenters. The predicted molar refractivity (Wildman–Crippen MR) is 93.2 cm³/mol. The molecule has 0 saturated heterocycles. The molecule has 0 saturated carbocycles. The summed E-state index contributed by atoms with van der Waals surface area (Å²) in [6, 6.07) is 9.82. The van der Waals surface area contributed by atoms with Gasteiger partial charge in [0.05, 0.1) is 6.10 Å². The minimum absolute atomic E-state index is 0.325. The van der Waals surface area contributed by atoms with Crippen LogP contribution in [0.1, 0.15) is 58.4 Å². The number of hydrogen-bond acceptors (Lipinski definition) is 2. The normalized spacial score (nSPS) is 13.5. The molecule has 1 unspecified atom stereocenters. The Hall–Kier alpha value is -1.35. The van der Waals surface area contributed by atoms with E-state index in [2.05, 4.69) is 20.8 Å². The zero-order chi connectivity index (χ0) is 16.2. The van der Waals surface area contributed by atoms with E-state index >= 15 is 0 Å². The Morgan fingerprint density at radius 2 is 1.82 bits per heavy atom. The first-order valence-electron chi connectivity index (χ1n) is 8.50. The van der Waals surface area contributed by atoms with Gasteiger partial charge in [-0.2, -0.15) is 0 Å². The Labute approximate surface area is 135 Å². The molecule has 0 N–H and O–H groups in total. The second-order valence-electron chi connectivity index (χ2n) is 6.39. The van der Waals surface area contributed by atoms with Gasteiger partial charge in [-0.15, -0.1) is 0 Å². The van der Waals surface area contributed by atoms with Crippen molar-refractivity contribution in [3.05, 3.63) is 41.1 Å². The van der Waals surface area contributed by atoms with Crippen molar-refractivity contribution < 1.29 is 9.48 Å². The molecule has 0 heterocycles. The lowest BCUT2D eigenvalue weighted by Gasteiger charge is -2.13. The van der Waals surface area contributed by atoms with Gasteiger partial charge in [-0.25, -0.2) is 4.74 Å². The fraction of sp³-hybridized carbons (Fsp3) is 0.632. The number of hydrogen-bond donors (Lipinski definition) is 0. The fourth-order valence-electron chi connectivity index (χ4n) is 2.33. The van der Waals surface area contributed by atoms with Crippen LogP contribution in [0, 0.1) is 11.1 Å². The monoisotopic (exact) mass is 305 g/mol. The summed E-state index contributed by atoms with van der Waals surface area (Å²) in [5.41, 5.74) is 1.05. The Bertz CT molecular complexity index is 415. The van der Waals surface area contributed by atoms with Gasteiger partial charge in [-0.1, -0.05) is 57.0 Å². The molecule has 0 amide bonds. The van der Waals surface area contributed by atoms with Gasteiger partial charge in [-0.3, -0.25) is 0 Å². The Kier molecular flexibility index (Phi) is 9.56. The number of benzene rings is 1. The second kappa shape index (κ2) is 11.2. The van der Waals surface area contributed by atoms with Gasteiger partial charge < -0.3 is 9.94 Å². The first-order valence-corrected chi connectivity index (χ1v) is 8.50. The molecule has 0 aliphatic heterocycles. The number of ether oxygens (including phenoxy) is 1. The highest BCUT2D eigenvalue weighted by atomic mass is 16.5. The molecule has 3 heteroatoms. The van der Waals surface area contributed by atoms with E-state index in [1.165, 1.54) is 12.8 Å². The Morgan fingerprint density at radius 1 is 1.09 bits per heavy atom. The number of rotatable bonds is 11. The van der Waals surface area contributed by atoms with E-state index in [1.54, 1.807) is 6.21 Å². The van der Waals surface area contributed by atoms with Crippen LogP contribution in [0.5, 0.6) is 0 Å². The van der Waals surface area contributed by atoms with E-state index in [9.17, 15) is 5.21 Å². The van der Waals surface area contributed by atoms with Crippen molar-refractivity contribution in [1.82, 2.24) is 0 Å². The summed E-state index contributed by atoms with van der Waals surface area (Å²) in [7, 11) is 0. The third-order valence-corrected chi connectivity index (χ3v) is 3.66. The highest BCUT2D eigenvalue weighted by Gasteiger charge is 2.03. The molecule has 1 rings (SSSR count). The van der Waals surface area contributed by atoms with Gasteiger partial charge >= 0.3 is 0 Å². The van der Waals surface area contributed by atoms with E-state index in [0.29, 0.717) is 12.6 Å². The second-order valence-corrected chi connectivity index (χ2v) is 6.39. The van der Waals surface area contributed by atoms with Crippen molar-refractivity contribution in [2.75, 3.05) is 6.61 Å². The Morgan fingerprint density at radius 3 is 2.50 bits per heavy atom. The molecule has 0 aliphatic rings. The largest absolute Gasteiger partial charge is 0.624 e. The average molecular weight is 305 g/mol. The summed E-state index contributed by atoms with van der Waals surface area (Å²) < 4.78 is 6.80. The van der Waals surface area contributed by atoms with Crippen molar-refractivity contribution >= 4 is 6.21 Å².